The smallest absolute Gasteiger partial charge is 0.252 e. The van der Waals surface area contributed by atoms with Crippen LogP contribution in [0.25, 0.3) is 10.9 Å². The van der Waals surface area contributed by atoms with E-state index in [0.29, 0.717) is 28.6 Å². The molecule has 22 heavy (non-hydrogen) atoms. The van der Waals surface area contributed by atoms with Gasteiger partial charge in [-0.25, -0.2) is 0 Å². The zero-order valence-electron chi connectivity index (χ0n) is 12.5. The van der Waals surface area contributed by atoms with Gasteiger partial charge in [0.15, 0.2) is 0 Å². The molecule has 112 valence electrons. The molecule has 0 unspecified atom stereocenters. The standard InChI is InChI=1S/C18H17NO3/c1-11-14(8-12-6-4-3-5-7-12)18(21)19-15-9-13(22-2)10-16(20)17(11)15/h3-7,9-10,20H,8H2,1-2H3,(H,19,21). The molecule has 2 N–H and O–H groups in total. The van der Waals surface area contributed by atoms with Gasteiger partial charge in [0.05, 0.1) is 12.6 Å². The number of ether oxygens (including phenoxy) is 1. The minimum absolute atomic E-state index is 0.109. The lowest BCUT2D eigenvalue weighted by atomic mass is 9.98. The number of pyridine rings is 1. The first-order valence-corrected chi connectivity index (χ1v) is 7.06. The molecule has 0 aliphatic heterocycles. The summed E-state index contributed by atoms with van der Waals surface area (Å²) in [7, 11) is 1.52. The van der Waals surface area contributed by atoms with E-state index >= 15 is 0 Å². The number of aryl methyl sites for hydroxylation is 1. The van der Waals surface area contributed by atoms with Gasteiger partial charge < -0.3 is 14.8 Å². The van der Waals surface area contributed by atoms with Crippen molar-refractivity contribution < 1.29 is 9.84 Å². The first kappa shape index (κ1) is 14.2. The summed E-state index contributed by atoms with van der Waals surface area (Å²) < 4.78 is 5.13. The highest BCUT2D eigenvalue weighted by molar-refractivity contribution is 5.90. The van der Waals surface area contributed by atoms with E-state index in [0.717, 1.165) is 11.1 Å². The van der Waals surface area contributed by atoms with Gasteiger partial charge in [-0.05, 0) is 18.1 Å². The molecule has 0 aliphatic rings. The maximum Gasteiger partial charge on any atom is 0.252 e. The van der Waals surface area contributed by atoms with Crippen molar-refractivity contribution in [3.05, 3.63) is 69.5 Å². The number of benzene rings is 2. The molecule has 0 amide bonds. The molecule has 4 nitrogen and oxygen atoms in total. The lowest BCUT2D eigenvalue weighted by molar-refractivity contribution is 0.409. The Kier molecular flexibility index (Phi) is 3.59. The molecule has 1 aromatic heterocycles. The van der Waals surface area contributed by atoms with Crippen LogP contribution >= 0.6 is 0 Å². The number of aromatic nitrogens is 1. The van der Waals surface area contributed by atoms with Crippen LogP contribution in [0.5, 0.6) is 11.5 Å². The van der Waals surface area contributed by atoms with Crippen LogP contribution in [0, 0.1) is 6.92 Å². The van der Waals surface area contributed by atoms with Gasteiger partial charge in [0.1, 0.15) is 11.5 Å². The Hall–Kier alpha value is -2.75. The minimum Gasteiger partial charge on any atom is -0.507 e. The molecule has 2 aromatic carbocycles. The SMILES string of the molecule is COc1cc(O)c2c(C)c(Cc3ccccc3)c(=O)[nH]c2c1. The monoisotopic (exact) mass is 295 g/mol. The van der Waals surface area contributed by atoms with Crippen molar-refractivity contribution in [1.29, 1.82) is 0 Å². The molecular weight excluding hydrogens is 278 g/mol. The number of methoxy groups -OCH3 is 1. The van der Waals surface area contributed by atoms with Crippen molar-refractivity contribution in [2.75, 3.05) is 7.11 Å². The highest BCUT2D eigenvalue weighted by Gasteiger charge is 2.14. The number of aromatic hydroxyl groups is 1. The van der Waals surface area contributed by atoms with Gasteiger partial charge in [0, 0.05) is 29.5 Å². The first-order chi connectivity index (χ1) is 10.6. The van der Waals surface area contributed by atoms with Crippen molar-refractivity contribution in [3.63, 3.8) is 0 Å². The summed E-state index contributed by atoms with van der Waals surface area (Å²) in [5.41, 5.74) is 2.96. The molecular formula is C18H17NO3. The second-order valence-corrected chi connectivity index (χ2v) is 5.29. The van der Waals surface area contributed by atoms with Crippen LogP contribution in [-0.4, -0.2) is 17.2 Å². The van der Waals surface area contributed by atoms with Crippen LogP contribution in [0.3, 0.4) is 0 Å². The molecule has 0 atom stereocenters. The lowest BCUT2D eigenvalue weighted by Crippen LogP contribution is -2.15. The Morgan fingerprint density at radius 1 is 1.18 bits per heavy atom. The third-order valence-electron chi connectivity index (χ3n) is 3.90. The maximum absolute atomic E-state index is 12.4. The summed E-state index contributed by atoms with van der Waals surface area (Å²) in [6.45, 7) is 1.86. The van der Waals surface area contributed by atoms with Crippen molar-refractivity contribution >= 4 is 10.9 Å². The van der Waals surface area contributed by atoms with Crippen LogP contribution in [-0.2, 0) is 6.42 Å². The number of phenols is 1. The number of fused-ring (bicyclic) bond motifs is 1. The second-order valence-electron chi connectivity index (χ2n) is 5.29. The number of H-pyrrole nitrogens is 1. The van der Waals surface area contributed by atoms with Crippen LogP contribution in [0.4, 0.5) is 0 Å². The topological polar surface area (TPSA) is 62.3 Å². The van der Waals surface area contributed by atoms with Crippen molar-refractivity contribution in [2.45, 2.75) is 13.3 Å². The molecule has 0 aliphatic carbocycles. The van der Waals surface area contributed by atoms with Gasteiger partial charge in [0.2, 0.25) is 0 Å². The molecule has 0 fully saturated rings. The predicted molar refractivity (Wildman–Crippen MR) is 86.8 cm³/mol. The average Bonchev–Trinajstić information content (AvgIpc) is 2.51. The van der Waals surface area contributed by atoms with E-state index < -0.39 is 0 Å². The number of aromatic amines is 1. The van der Waals surface area contributed by atoms with E-state index in [-0.39, 0.29) is 11.3 Å². The lowest BCUT2D eigenvalue weighted by Gasteiger charge is -2.11. The Morgan fingerprint density at radius 2 is 1.91 bits per heavy atom. The zero-order chi connectivity index (χ0) is 15.7. The summed E-state index contributed by atoms with van der Waals surface area (Å²) >= 11 is 0. The molecule has 0 radical (unpaired) electrons. The summed E-state index contributed by atoms with van der Waals surface area (Å²) in [5.74, 6) is 0.619. The Bertz CT molecular complexity index is 882. The fraction of sp³-hybridized carbons (Fsp3) is 0.167. The molecule has 0 bridgehead atoms. The number of nitrogens with one attached hydrogen (secondary N) is 1. The zero-order valence-corrected chi connectivity index (χ0v) is 12.5. The quantitative estimate of drug-likeness (QED) is 0.780. The third-order valence-corrected chi connectivity index (χ3v) is 3.90. The number of rotatable bonds is 3. The van der Waals surface area contributed by atoms with Crippen LogP contribution < -0.4 is 10.3 Å². The fourth-order valence-corrected chi connectivity index (χ4v) is 2.74. The molecule has 0 spiro atoms. The summed E-state index contributed by atoms with van der Waals surface area (Å²) in [4.78, 5) is 15.2. The van der Waals surface area contributed by atoms with Crippen LogP contribution in [0.2, 0.25) is 0 Å². The minimum atomic E-state index is -0.137. The number of phenolic OH excluding ortho intramolecular Hbond substituents is 1. The third kappa shape index (κ3) is 2.44. The summed E-state index contributed by atoms with van der Waals surface area (Å²) in [6, 6.07) is 13.1. The summed E-state index contributed by atoms with van der Waals surface area (Å²) in [5, 5.41) is 10.9. The Labute approximate surface area is 128 Å². The van der Waals surface area contributed by atoms with Gasteiger partial charge in [-0.2, -0.15) is 0 Å². The normalized spacial score (nSPS) is 10.8. The highest BCUT2D eigenvalue weighted by Crippen LogP contribution is 2.32. The molecule has 1 heterocycles. The van der Waals surface area contributed by atoms with Crippen LogP contribution in [0.15, 0.2) is 47.3 Å². The van der Waals surface area contributed by atoms with E-state index in [2.05, 4.69) is 4.98 Å². The summed E-state index contributed by atoms with van der Waals surface area (Å²) in [6.07, 6.45) is 0.531. The van der Waals surface area contributed by atoms with E-state index in [1.54, 1.807) is 12.1 Å². The molecule has 0 saturated heterocycles. The van der Waals surface area contributed by atoms with E-state index in [1.807, 2.05) is 37.3 Å². The van der Waals surface area contributed by atoms with E-state index in [9.17, 15) is 9.90 Å². The Balaban J connectivity index is 2.20. The van der Waals surface area contributed by atoms with Gasteiger partial charge in [0.25, 0.3) is 5.56 Å². The predicted octanol–water partition coefficient (Wildman–Crippen LogP) is 3.14. The van der Waals surface area contributed by atoms with Gasteiger partial charge in [-0.3, -0.25) is 4.79 Å². The van der Waals surface area contributed by atoms with Crippen molar-refractivity contribution in [1.82, 2.24) is 4.98 Å². The molecule has 3 rings (SSSR count). The van der Waals surface area contributed by atoms with Crippen molar-refractivity contribution in [3.8, 4) is 11.5 Å². The first-order valence-electron chi connectivity index (χ1n) is 7.06. The van der Waals surface area contributed by atoms with Gasteiger partial charge in [-0.1, -0.05) is 30.3 Å². The van der Waals surface area contributed by atoms with Crippen molar-refractivity contribution in [2.24, 2.45) is 0 Å². The molecule has 0 saturated carbocycles. The Morgan fingerprint density at radius 3 is 2.59 bits per heavy atom. The molecule has 4 heteroatoms. The highest BCUT2D eigenvalue weighted by atomic mass is 16.5. The van der Waals surface area contributed by atoms with Gasteiger partial charge >= 0.3 is 0 Å². The van der Waals surface area contributed by atoms with E-state index in [1.165, 1.54) is 7.11 Å². The number of hydrogen-bond donors (Lipinski definition) is 2. The maximum atomic E-state index is 12.4. The largest absolute Gasteiger partial charge is 0.507 e. The van der Waals surface area contributed by atoms with Gasteiger partial charge in [-0.15, -0.1) is 0 Å². The number of hydrogen-bond acceptors (Lipinski definition) is 3. The van der Waals surface area contributed by atoms with E-state index in [4.69, 9.17) is 4.74 Å². The van der Waals surface area contributed by atoms with Crippen LogP contribution in [0.1, 0.15) is 16.7 Å². The fourth-order valence-electron chi connectivity index (χ4n) is 2.74. The second kappa shape index (κ2) is 5.56. The molecule has 3 aromatic rings. The average molecular weight is 295 g/mol.